The molecule has 1 unspecified atom stereocenters. The first-order valence-electron chi connectivity index (χ1n) is 8.00. The first-order valence-corrected chi connectivity index (χ1v) is 8.00. The van der Waals surface area contributed by atoms with Crippen LogP contribution in [-0.2, 0) is 0 Å². The zero-order valence-corrected chi connectivity index (χ0v) is 13.3. The van der Waals surface area contributed by atoms with Crippen molar-refractivity contribution in [3.63, 3.8) is 0 Å². The van der Waals surface area contributed by atoms with Crippen LogP contribution in [0.3, 0.4) is 0 Å². The Kier molecular flexibility index (Phi) is 8.28. The van der Waals surface area contributed by atoms with E-state index in [1.807, 2.05) is 26.1 Å². The van der Waals surface area contributed by atoms with Gasteiger partial charge in [-0.3, -0.25) is 4.98 Å². The monoisotopic (exact) mass is 278 g/mol. The summed E-state index contributed by atoms with van der Waals surface area (Å²) in [7, 11) is 0. The first-order chi connectivity index (χ1) is 9.63. The van der Waals surface area contributed by atoms with E-state index in [0.717, 1.165) is 17.7 Å². The highest BCUT2D eigenvalue weighted by Crippen LogP contribution is 2.21. The predicted molar refractivity (Wildman–Crippen MR) is 84.9 cm³/mol. The maximum absolute atomic E-state index is 6.24. The van der Waals surface area contributed by atoms with Gasteiger partial charge in [0.25, 0.3) is 0 Å². The van der Waals surface area contributed by atoms with Gasteiger partial charge in [-0.15, -0.1) is 0 Å². The van der Waals surface area contributed by atoms with Crippen molar-refractivity contribution in [1.82, 2.24) is 4.98 Å². The molecule has 0 radical (unpaired) electrons. The van der Waals surface area contributed by atoms with Crippen LogP contribution in [0.4, 0.5) is 0 Å². The molecule has 1 aromatic rings. The number of aromatic nitrogens is 1. The van der Waals surface area contributed by atoms with Crippen molar-refractivity contribution in [3.05, 3.63) is 24.0 Å². The Balaban J connectivity index is 2.33. The standard InChI is InChI=1S/C17H30N2O/c1-4-5-6-7-8-9-10-17(18)15-11-16(13-19-12-15)20-14(2)3/h11-14,17H,4-10,18H2,1-3H3. The number of hydrogen-bond acceptors (Lipinski definition) is 3. The third-order valence-corrected chi connectivity index (χ3v) is 3.40. The maximum atomic E-state index is 6.24. The molecule has 0 saturated heterocycles. The predicted octanol–water partition coefficient (Wildman–Crippen LogP) is 4.62. The summed E-state index contributed by atoms with van der Waals surface area (Å²) in [5, 5.41) is 0. The Labute approximate surface area is 123 Å². The molecule has 0 aliphatic heterocycles. The van der Waals surface area contributed by atoms with E-state index < -0.39 is 0 Å². The quantitative estimate of drug-likeness (QED) is 0.635. The van der Waals surface area contributed by atoms with Crippen LogP contribution in [0.15, 0.2) is 18.5 Å². The normalized spacial score (nSPS) is 12.7. The van der Waals surface area contributed by atoms with Gasteiger partial charge in [0.2, 0.25) is 0 Å². The molecule has 1 aromatic heterocycles. The summed E-state index contributed by atoms with van der Waals surface area (Å²) in [6.07, 6.45) is 12.6. The van der Waals surface area contributed by atoms with E-state index in [9.17, 15) is 0 Å². The van der Waals surface area contributed by atoms with E-state index in [4.69, 9.17) is 10.5 Å². The number of unbranched alkanes of at least 4 members (excludes halogenated alkanes) is 5. The van der Waals surface area contributed by atoms with Crippen molar-refractivity contribution in [3.8, 4) is 5.75 Å². The van der Waals surface area contributed by atoms with E-state index in [1.165, 1.54) is 38.5 Å². The molecule has 0 fully saturated rings. The lowest BCUT2D eigenvalue weighted by molar-refractivity contribution is 0.241. The molecule has 0 spiro atoms. The van der Waals surface area contributed by atoms with E-state index >= 15 is 0 Å². The smallest absolute Gasteiger partial charge is 0.138 e. The van der Waals surface area contributed by atoms with E-state index in [2.05, 4.69) is 11.9 Å². The molecule has 3 nitrogen and oxygen atoms in total. The van der Waals surface area contributed by atoms with Crippen LogP contribution in [-0.4, -0.2) is 11.1 Å². The minimum Gasteiger partial charge on any atom is -0.489 e. The van der Waals surface area contributed by atoms with Gasteiger partial charge < -0.3 is 10.5 Å². The van der Waals surface area contributed by atoms with Crippen LogP contribution >= 0.6 is 0 Å². The largest absolute Gasteiger partial charge is 0.489 e. The van der Waals surface area contributed by atoms with Gasteiger partial charge in [0.05, 0.1) is 12.3 Å². The van der Waals surface area contributed by atoms with Crippen LogP contribution in [0.1, 0.15) is 77.3 Å². The molecule has 20 heavy (non-hydrogen) atoms. The van der Waals surface area contributed by atoms with E-state index in [0.29, 0.717) is 0 Å². The van der Waals surface area contributed by atoms with E-state index in [-0.39, 0.29) is 12.1 Å². The van der Waals surface area contributed by atoms with Crippen molar-refractivity contribution < 1.29 is 4.74 Å². The van der Waals surface area contributed by atoms with E-state index in [1.54, 1.807) is 6.20 Å². The summed E-state index contributed by atoms with van der Waals surface area (Å²) in [6, 6.07) is 2.10. The van der Waals surface area contributed by atoms with Crippen molar-refractivity contribution in [2.45, 2.75) is 77.9 Å². The first kappa shape index (κ1) is 17.0. The fourth-order valence-corrected chi connectivity index (χ4v) is 2.29. The maximum Gasteiger partial charge on any atom is 0.138 e. The molecule has 1 rings (SSSR count). The highest BCUT2D eigenvalue weighted by atomic mass is 16.5. The van der Waals surface area contributed by atoms with Gasteiger partial charge in [-0.25, -0.2) is 0 Å². The number of hydrogen-bond donors (Lipinski definition) is 1. The molecule has 114 valence electrons. The SMILES string of the molecule is CCCCCCCCC(N)c1cncc(OC(C)C)c1. The molecule has 0 aromatic carbocycles. The van der Waals surface area contributed by atoms with Crippen LogP contribution in [0.2, 0.25) is 0 Å². The minimum atomic E-state index is 0.0735. The molecular formula is C17H30N2O. The fraction of sp³-hybridized carbons (Fsp3) is 0.706. The van der Waals surface area contributed by atoms with Crippen molar-refractivity contribution in [2.24, 2.45) is 5.73 Å². The summed E-state index contributed by atoms with van der Waals surface area (Å²) in [5.41, 5.74) is 7.32. The number of ether oxygens (including phenoxy) is 1. The molecule has 1 heterocycles. The average molecular weight is 278 g/mol. The Morgan fingerprint density at radius 2 is 1.80 bits per heavy atom. The summed E-state index contributed by atoms with van der Waals surface area (Å²) >= 11 is 0. The van der Waals surface area contributed by atoms with Gasteiger partial charge in [0, 0.05) is 12.2 Å². The molecule has 0 bridgehead atoms. The molecule has 2 N–H and O–H groups in total. The fourth-order valence-electron chi connectivity index (χ4n) is 2.29. The summed E-state index contributed by atoms with van der Waals surface area (Å²) in [5.74, 6) is 0.816. The lowest BCUT2D eigenvalue weighted by atomic mass is 10.0. The number of rotatable bonds is 10. The second-order valence-electron chi connectivity index (χ2n) is 5.78. The van der Waals surface area contributed by atoms with Crippen molar-refractivity contribution in [1.29, 1.82) is 0 Å². The van der Waals surface area contributed by atoms with Crippen LogP contribution < -0.4 is 10.5 Å². The van der Waals surface area contributed by atoms with Crippen LogP contribution in [0.5, 0.6) is 5.75 Å². The molecule has 1 atom stereocenters. The molecule has 0 amide bonds. The van der Waals surface area contributed by atoms with Gasteiger partial charge in [0.15, 0.2) is 0 Å². The highest BCUT2D eigenvalue weighted by molar-refractivity contribution is 5.25. The topological polar surface area (TPSA) is 48.1 Å². The Bertz CT molecular complexity index is 366. The zero-order chi connectivity index (χ0) is 14.8. The van der Waals surface area contributed by atoms with Gasteiger partial charge in [-0.1, -0.05) is 45.4 Å². The summed E-state index contributed by atoms with van der Waals surface area (Å²) in [6.45, 7) is 6.28. The van der Waals surface area contributed by atoms with Gasteiger partial charge in [-0.2, -0.15) is 0 Å². The average Bonchev–Trinajstić information content (AvgIpc) is 2.42. The van der Waals surface area contributed by atoms with Crippen LogP contribution in [0.25, 0.3) is 0 Å². The third kappa shape index (κ3) is 6.90. The van der Waals surface area contributed by atoms with Crippen molar-refractivity contribution >= 4 is 0 Å². The van der Waals surface area contributed by atoms with Crippen molar-refractivity contribution in [2.75, 3.05) is 0 Å². The summed E-state index contributed by atoms with van der Waals surface area (Å²) in [4.78, 5) is 4.22. The second kappa shape index (κ2) is 9.76. The molecular weight excluding hydrogens is 248 g/mol. The number of pyridine rings is 1. The number of nitrogens with two attached hydrogens (primary N) is 1. The molecule has 0 aliphatic carbocycles. The molecule has 0 aliphatic rings. The Morgan fingerprint density at radius 1 is 1.10 bits per heavy atom. The Hall–Kier alpha value is -1.09. The van der Waals surface area contributed by atoms with Gasteiger partial charge in [-0.05, 0) is 31.9 Å². The molecule has 3 heteroatoms. The minimum absolute atomic E-state index is 0.0735. The third-order valence-electron chi connectivity index (χ3n) is 3.40. The highest BCUT2D eigenvalue weighted by Gasteiger charge is 2.08. The zero-order valence-electron chi connectivity index (χ0n) is 13.3. The molecule has 0 saturated carbocycles. The summed E-state index contributed by atoms with van der Waals surface area (Å²) < 4.78 is 5.66. The Morgan fingerprint density at radius 3 is 2.50 bits per heavy atom. The van der Waals surface area contributed by atoms with Gasteiger partial charge >= 0.3 is 0 Å². The number of nitrogens with zero attached hydrogens (tertiary/aromatic N) is 1. The lowest BCUT2D eigenvalue weighted by Crippen LogP contribution is -2.12. The van der Waals surface area contributed by atoms with Crippen LogP contribution in [0, 0.1) is 0 Å². The second-order valence-corrected chi connectivity index (χ2v) is 5.78. The lowest BCUT2D eigenvalue weighted by Gasteiger charge is -2.14. The van der Waals surface area contributed by atoms with Gasteiger partial charge in [0.1, 0.15) is 5.75 Å².